The van der Waals surface area contributed by atoms with Crippen LogP contribution in [0.2, 0.25) is 0 Å². The number of anilines is 2. The zero-order valence-corrected chi connectivity index (χ0v) is 15.4. The standard InChI is InChI=1S/C21H31N3O/c1-16(18-8-10-22-11-9-18)14-21(25)24-13-12-23(15-17-6-7-17)19-4-2-3-5-20(19)24/h2-5,16-18,22H,6-15H2,1H3. The number of nitrogens with one attached hydrogen (secondary N) is 1. The molecule has 3 aliphatic rings. The number of carbonyl (C=O) groups is 1. The molecule has 1 unspecified atom stereocenters. The van der Waals surface area contributed by atoms with Crippen LogP contribution < -0.4 is 15.1 Å². The fourth-order valence-electron chi connectivity index (χ4n) is 4.45. The third-order valence-corrected chi connectivity index (χ3v) is 6.27. The third-order valence-electron chi connectivity index (χ3n) is 6.27. The summed E-state index contributed by atoms with van der Waals surface area (Å²) in [7, 11) is 0. The van der Waals surface area contributed by atoms with Crippen LogP contribution in [0.3, 0.4) is 0 Å². The molecule has 2 heterocycles. The smallest absolute Gasteiger partial charge is 0.227 e. The Balaban J connectivity index is 1.44. The molecule has 1 aromatic rings. The van der Waals surface area contributed by atoms with Crippen LogP contribution in [-0.4, -0.2) is 38.6 Å². The van der Waals surface area contributed by atoms with Gasteiger partial charge in [-0.3, -0.25) is 4.79 Å². The summed E-state index contributed by atoms with van der Waals surface area (Å²) in [5, 5.41) is 3.42. The van der Waals surface area contributed by atoms with Gasteiger partial charge >= 0.3 is 0 Å². The van der Waals surface area contributed by atoms with Gasteiger partial charge in [-0.2, -0.15) is 0 Å². The number of fused-ring (bicyclic) bond motifs is 1. The first-order valence-electron chi connectivity index (χ1n) is 10.1. The highest BCUT2D eigenvalue weighted by Gasteiger charge is 2.32. The van der Waals surface area contributed by atoms with Crippen molar-refractivity contribution in [3.05, 3.63) is 24.3 Å². The molecule has 4 heteroatoms. The minimum Gasteiger partial charge on any atom is -0.368 e. The fourth-order valence-corrected chi connectivity index (χ4v) is 4.45. The van der Waals surface area contributed by atoms with E-state index < -0.39 is 0 Å². The molecule has 0 radical (unpaired) electrons. The molecule has 1 saturated heterocycles. The van der Waals surface area contributed by atoms with Gasteiger partial charge in [0.2, 0.25) is 5.91 Å². The van der Waals surface area contributed by atoms with E-state index in [1.165, 1.54) is 31.4 Å². The van der Waals surface area contributed by atoms with Crippen LogP contribution in [0, 0.1) is 17.8 Å². The number of hydrogen-bond donors (Lipinski definition) is 1. The van der Waals surface area contributed by atoms with E-state index in [2.05, 4.69) is 46.3 Å². The van der Waals surface area contributed by atoms with Crippen LogP contribution in [0.5, 0.6) is 0 Å². The summed E-state index contributed by atoms with van der Waals surface area (Å²) in [5.41, 5.74) is 2.38. The summed E-state index contributed by atoms with van der Waals surface area (Å²) in [5.74, 6) is 2.35. The summed E-state index contributed by atoms with van der Waals surface area (Å²) in [6, 6.07) is 8.48. The Morgan fingerprint density at radius 2 is 1.84 bits per heavy atom. The first kappa shape index (κ1) is 16.9. The van der Waals surface area contributed by atoms with E-state index in [9.17, 15) is 4.79 Å². The molecule has 0 spiro atoms. The van der Waals surface area contributed by atoms with E-state index in [1.807, 2.05) is 0 Å². The molecule has 2 aliphatic heterocycles. The van der Waals surface area contributed by atoms with Crippen LogP contribution in [0.1, 0.15) is 39.0 Å². The summed E-state index contributed by atoms with van der Waals surface area (Å²) in [6.45, 7) is 7.44. The second kappa shape index (κ2) is 7.36. The highest BCUT2D eigenvalue weighted by atomic mass is 16.2. The van der Waals surface area contributed by atoms with E-state index >= 15 is 0 Å². The number of amides is 1. The molecule has 1 amide bonds. The monoisotopic (exact) mass is 341 g/mol. The van der Waals surface area contributed by atoms with Crippen LogP contribution in [-0.2, 0) is 4.79 Å². The van der Waals surface area contributed by atoms with Crippen molar-refractivity contribution >= 4 is 17.3 Å². The molecule has 0 bridgehead atoms. The number of carbonyl (C=O) groups excluding carboxylic acids is 1. The van der Waals surface area contributed by atoms with Gasteiger partial charge in [-0.05, 0) is 68.7 Å². The number of benzene rings is 1. The molecular weight excluding hydrogens is 310 g/mol. The lowest BCUT2D eigenvalue weighted by atomic mass is 9.84. The summed E-state index contributed by atoms with van der Waals surface area (Å²) >= 11 is 0. The zero-order valence-electron chi connectivity index (χ0n) is 15.4. The molecule has 25 heavy (non-hydrogen) atoms. The van der Waals surface area contributed by atoms with Gasteiger partial charge in [0.1, 0.15) is 0 Å². The molecule has 1 aromatic carbocycles. The maximum Gasteiger partial charge on any atom is 0.227 e. The van der Waals surface area contributed by atoms with Crippen molar-refractivity contribution in [1.29, 1.82) is 0 Å². The van der Waals surface area contributed by atoms with Gasteiger partial charge in [-0.1, -0.05) is 19.1 Å². The van der Waals surface area contributed by atoms with Gasteiger partial charge in [0.15, 0.2) is 0 Å². The molecule has 1 saturated carbocycles. The Hall–Kier alpha value is -1.55. The van der Waals surface area contributed by atoms with Gasteiger partial charge in [0, 0.05) is 26.1 Å². The number of nitrogens with zero attached hydrogens (tertiary/aromatic N) is 2. The molecule has 4 rings (SSSR count). The largest absolute Gasteiger partial charge is 0.368 e. The van der Waals surface area contributed by atoms with Crippen molar-refractivity contribution in [1.82, 2.24) is 5.32 Å². The van der Waals surface area contributed by atoms with Gasteiger partial charge in [0.25, 0.3) is 0 Å². The van der Waals surface area contributed by atoms with Gasteiger partial charge in [0.05, 0.1) is 11.4 Å². The summed E-state index contributed by atoms with van der Waals surface area (Å²) in [6.07, 6.45) is 5.84. The Kier molecular flexibility index (Phi) is 4.98. The van der Waals surface area contributed by atoms with Crippen molar-refractivity contribution in [2.75, 3.05) is 42.5 Å². The number of hydrogen-bond acceptors (Lipinski definition) is 3. The Morgan fingerprint density at radius 3 is 2.56 bits per heavy atom. The number of rotatable bonds is 5. The molecule has 136 valence electrons. The first-order chi connectivity index (χ1) is 12.2. The quantitative estimate of drug-likeness (QED) is 0.893. The second-order valence-corrected chi connectivity index (χ2v) is 8.19. The number of para-hydroxylation sites is 2. The zero-order chi connectivity index (χ0) is 17.2. The van der Waals surface area contributed by atoms with Crippen molar-refractivity contribution < 1.29 is 4.79 Å². The van der Waals surface area contributed by atoms with Gasteiger partial charge in [-0.15, -0.1) is 0 Å². The van der Waals surface area contributed by atoms with Crippen molar-refractivity contribution in [2.45, 2.75) is 39.0 Å². The highest BCUT2D eigenvalue weighted by molar-refractivity contribution is 5.98. The highest BCUT2D eigenvalue weighted by Crippen LogP contribution is 2.38. The molecule has 1 atom stereocenters. The summed E-state index contributed by atoms with van der Waals surface area (Å²) < 4.78 is 0. The minimum absolute atomic E-state index is 0.310. The van der Waals surface area contributed by atoms with E-state index in [0.29, 0.717) is 24.2 Å². The van der Waals surface area contributed by atoms with E-state index in [0.717, 1.165) is 44.3 Å². The lowest BCUT2D eigenvalue weighted by Gasteiger charge is -2.38. The van der Waals surface area contributed by atoms with Crippen molar-refractivity contribution in [3.63, 3.8) is 0 Å². The number of piperidine rings is 1. The maximum atomic E-state index is 13.0. The molecule has 1 aliphatic carbocycles. The average Bonchev–Trinajstić information content (AvgIpc) is 3.46. The van der Waals surface area contributed by atoms with E-state index in [1.54, 1.807) is 0 Å². The Bertz CT molecular complexity index is 607. The van der Waals surface area contributed by atoms with Crippen LogP contribution in [0.15, 0.2) is 24.3 Å². The predicted octanol–water partition coefficient (Wildman–Crippen LogP) is 3.28. The van der Waals surface area contributed by atoms with Crippen LogP contribution in [0.4, 0.5) is 11.4 Å². The van der Waals surface area contributed by atoms with Gasteiger partial charge < -0.3 is 15.1 Å². The normalized spacial score (nSPS) is 22.6. The topological polar surface area (TPSA) is 35.6 Å². The average molecular weight is 341 g/mol. The Morgan fingerprint density at radius 1 is 1.12 bits per heavy atom. The van der Waals surface area contributed by atoms with Crippen molar-refractivity contribution in [3.8, 4) is 0 Å². The lowest BCUT2D eigenvalue weighted by molar-refractivity contribution is -0.119. The first-order valence-corrected chi connectivity index (χ1v) is 10.1. The lowest BCUT2D eigenvalue weighted by Crippen LogP contribution is -2.45. The molecule has 1 N–H and O–H groups in total. The van der Waals surface area contributed by atoms with Crippen LogP contribution >= 0.6 is 0 Å². The molecule has 2 fully saturated rings. The van der Waals surface area contributed by atoms with Gasteiger partial charge in [-0.25, -0.2) is 0 Å². The second-order valence-electron chi connectivity index (χ2n) is 8.19. The summed E-state index contributed by atoms with van der Waals surface area (Å²) in [4.78, 5) is 17.6. The third kappa shape index (κ3) is 3.84. The molecule has 4 nitrogen and oxygen atoms in total. The fraction of sp³-hybridized carbons (Fsp3) is 0.667. The predicted molar refractivity (Wildman–Crippen MR) is 103 cm³/mol. The van der Waals surface area contributed by atoms with Crippen molar-refractivity contribution in [2.24, 2.45) is 17.8 Å². The Labute approximate surface area is 151 Å². The molecular formula is C21H31N3O. The SMILES string of the molecule is CC(CC(=O)N1CCN(CC2CC2)c2ccccc21)C1CCNCC1. The minimum atomic E-state index is 0.310. The van der Waals surface area contributed by atoms with E-state index in [4.69, 9.17) is 0 Å². The molecule has 0 aromatic heterocycles. The van der Waals surface area contributed by atoms with E-state index in [-0.39, 0.29) is 0 Å². The van der Waals surface area contributed by atoms with Crippen LogP contribution in [0.25, 0.3) is 0 Å². The maximum absolute atomic E-state index is 13.0.